The van der Waals surface area contributed by atoms with Gasteiger partial charge in [-0.3, -0.25) is 30.6 Å². The molecule has 0 heterocycles. The Hall–Kier alpha value is -4.02. The van der Waals surface area contributed by atoms with Crippen LogP contribution in [0.2, 0.25) is 0 Å². The van der Waals surface area contributed by atoms with Crippen LogP contribution in [0.15, 0.2) is 30.3 Å². The van der Waals surface area contributed by atoms with Crippen molar-refractivity contribution < 1.29 is 33.5 Å². The number of amides is 2. The van der Waals surface area contributed by atoms with E-state index < -0.39 is 28.0 Å². The molecular formula is C20H23N3O8. The number of hydrogen-bond acceptors (Lipinski definition) is 8. The Kier molecular flexibility index (Phi) is 8.01. The van der Waals surface area contributed by atoms with Gasteiger partial charge in [-0.2, -0.15) is 0 Å². The zero-order chi connectivity index (χ0) is 23.0. The molecule has 0 spiro atoms. The summed E-state index contributed by atoms with van der Waals surface area (Å²) in [5, 5.41) is 11.6. The molecule has 31 heavy (non-hydrogen) atoms. The molecule has 0 saturated heterocycles. The lowest BCUT2D eigenvalue weighted by atomic mass is 10.1. The summed E-state index contributed by atoms with van der Waals surface area (Å²) < 4.78 is 20.8. The number of hydrazine groups is 1. The zero-order valence-corrected chi connectivity index (χ0v) is 17.5. The van der Waals surface area contributed by atoms with Gasteiger partial charge in [0.15, 0.2) is 12.4 Å². The van der Waals surface area contributed by atoms with Crippen LogP contribution >= 0.6 is 0 Å². The van der Waals surface area contributed by atoms with E-state index in [1.54, 1.807) is 12.1 Å². The van der Waals surface area contributed by atoms with Gasteiger partial charge in [-0.1, -0.05) is 25.1 Å². The van der Waals surface area contributed by atoms with Crippen molar-refractivity contribution in [2.24, 2.45) is 0 Å². The van der Waals surface area contributed by atoms with Gasteiger partial charge in [0.2, 0.25) is 11.5 Å². The van der Waals surface area contributed by atoms with E-state index in [0.29, 0.717) is 5.75 Å². The molecule has 0 aliphatic rings. The summed E-state index contributed by atoms with van der Waals surface area (Å²) in [4.78, 5) is 35.4. The number of carbonyl (C=O) groups is 2. The quantitative estimate of drug-likeness (QED) is 0.452. The van der Waals surface area contributed by atoms with E-state index in [-0.39, 0.29) is 23.9 Å². The number of para-hydroxylation sites is 1. The van der Waals surface area contributed by atoms with Crippen molar-refractivity contribution >= 4 is 17.5 Å². The van der Waals surface area contributed by atoms with Gasteiger partial charge >= 0.3 is 5.69 Å². The second-order valence-electron chi connectivity index (χ2n) is 6.05. The van der Waals surface area contributed by atoms with Crippen molar-refractivity contribution in [3.8, 4) is 23.0 Å². The first-order valence-electron chi connectivity index (χ1n) is 9.15. The fraction of sp³-hybridized carbons (Fsp3) is 0.300. The topological polar surface area (TPSA) is 138 Å². The lowest BCUT2D eigenvalue weighted by Crippen LogP contribution is -2.44. The normalized spacial score (nSPS) is 10.1. The van der Waals surface area contributed by atoms with Gasteiger partial charge in [-0.15, -0.1) is 0 Å². The number of carbonyl (C=O) groups excluding carboxylic acids is 2. The summed E-state index contributed by atoms with van der Waals surface area (Å²) in [7, 11) is 3.78. The molecule has 0 radical (unpaired) electrons. The molecule has 2 aromatic rings. The number of hydrogen-bond donors (Lipinski definition) is 2. The number of rotatable bonds is 9. The van der Waals surface area contributed by atoms with Crippen LogP contribution < -0.4 is 29.8 Å². The molecular weight excluding hydrogens is 410 g/mol. The summed E-state index contributed by atoms with van der Waals surface area (Å²) in [6, 6.07) is 8.35. The smallest absolute Gasteiger partial charge is 0.327 e. The van der Waals surface area contributed by atoms with Crippen molar-refractivity contribution in [2.45, 2.75) is 13.3 Å². The Morgan fingerprint density at radius 2 is 1.68 bits per heavy atom. The molecule has 2 N–H and O–H groups in total. The van der Waals surface area contributed by atoms with Gasteiger partial charge in [0.25, 0.3) is 11.8 Å². The maximum absolute atomic E-state index is 12.6. The van der Waals surface area contributed by atoms with Crippen molar-refractivity contribution in [1.82, 2.24) is 10.9 Å². The Balaban J connectivity index is 2.16. The first kappa shape index (κ1) is 23.3. The van der Waals surface area contributed by atoms with Gasteiger partial charge in [0, 0.05) is 6.07 Å². The largest absolute Gasteiger partial charge is 0.493 e. The Morgan fingerprint density at radius 1 is 1.00 bits per heavy atom. The average Bonchev–Trinajstić information content (AvgIpc) is 2.79. The average molecular weight is 433 g/mol. The minimum Gasteiger partial charge on any atom is -0.493 e. The van der Waals surface area contributed by atoms with Crippen LogP contribution in [0.1, 0.15) is 22.8 Å². The van der Waals surface area contributed by atoms with Gasteiger partial charge < -0.3 is 18.9 Å². The van der Waals surface area contributed by atoms with Gasteiger partial charge in [0.1, 0.15) is 11.3 Å². The first-order chi connectivity index (χ1) is 14.9. The van der Waals surface area contributed by atoms with Crippen LogP contribution in [0, 0.1) is 10.1 Å². The molecule has 11 heteroatoms. The van der Waals surface area contributed by atoms with E-state index in [2.05, 4.69) is 10.9 Å². The van der Waals surface area contributed by atoms with E-state index in [0.717, 1.165) is 18.1 Å². The van der Waals surface area contributed by atoms with E-state index in [1.165, 1.54) is 21.3 Å². The Bertz CT molecular complexity index is 977. The lowest BCUT2D eigenvalue weighted by molar-refractivity contribution is -0.386. The number of methoxy groups -OCH3 is 3. The standard InChI is InChI=1S/C20H23N3O8/c1-5-12-8-6-7-9-14(12)31-11-16(24)21-22-20(25)13-10-15(28-2)18(29-3)19(30-4)17(13)23(26)27/h6-10H,5,11H2,1-4H3,(H,21,24)(H,22,25). The number of nitro groups is 1. The molecule has 2 amide bonds. The fourth-order valence-corrected chi connectivity index (χ4v) is 2.81. The van der Waals surface area contributed by atoms with E-state index in [1.807, 2.05) is 19.1 Å². The van der Waals surface area contributed by atoms with Crippen molar-refractivity contribution in [3.05, 3.63) is 51.6 Å². The molecule has 0 aromatic heterocycles. The van der Waals surface area contributed by atoms with Crippen LogP contribution in [-0.2, 0) is 11.2 Å². The monoisotopic (exact) mass is 433 g/mol. The second-order valence-corrected chi connectivity index (χ2v) is 6.05. The SMILES string of the molecule is CCc1ccccc1OCC(=O)NNC(=O)c1cc(OC)c(OC)c(OC)c1[N+](=O)[O-]. The Labute approximate surface area is 178 Å². The molecule has 0 unspecified atom stereocenters. The molecule has 0 fully saturated rings. The fourth-order valence-electron chi connectivity index (χ4n) is 2.81. The Morgan fingerprint density at radius 3 is 2.26 bits per heavy atom. The van der Waals surface area contributed by atoms with Crippen LogP contribution in [0.3, 0.4) is 0 Å². The summed E-state index contributed by atoms with van der Waals surface area (Å²) in [6.07, 6.45) is 0.722. The highest BCUT2D eigenvalue weighted by Gasteiger charge is 2.32. The maximum atomic E-state index is 12.6. The highest BCUT2D eigenvalue weighted by Crippen LogP contribution is 2.46. The highest BCUT2D eigenvalue weighted by molar-refractivity contribution is 6.01. The van der Waals surface area contributed by atoms with Crippen LogP contribution in [0.4, 0.5) is 5.69 Å². The summed E-state index contributed by atoms with van der Waals surface area (Å²) >= 11 is 0. The molecule has 2 rings (SSSR count). The van der Waals surface area contributed by atoms with Crippen LogP contribution in [0.5, 0.6) is 23.0 Å². The van der Waals surface area contributed by atoms with Gasteiger partial charge in [0.05, 0.1) is 26.3 Å². The predicted octanol–water partition coefficient (Wildman–Crippen LogP) is 2.02. The number of nitrogens with zero attached hydrogens (tertiary/aromatic N) is 1. The summed E-state index contributed by atoms with van der Waals surface area (Å²) in [5.74, 6) is -1.35. The van der Waals surface area contributed by atoms with Gasteiger partial charge in [-0.25, -0.2) is 0 Å². The van der Waals surface area contributed by atoms with Crippen LogP contribution in [-0.4, -0.2) is 44.7 Å². The number of nitrogens with one attached hydrogen (secondary N) is 2. The van der Waals surface area contributed by atoms with Gasteiger partial charge in [-0.05, 0) is 18.1 Å². The van der Waals surface area contributed by atoms with Crippen molar-refractivity contribution in [1.29, 1.82) is 0 Å². The minimum atomic E-state index is -0.951. The number of aryl methyl sites for hydroxylation is 1. The summed E-state index contributed by atoms with van der Waals surface area (Å²) in [5.41, 5.74) is 4.18. The van der Waals surface area contributed by atoms with E-state index in [9.17, 15) is 19.7 Å². The molecule has 2 aromatic carbocycles. The third kappa shape index (κ3) is 5.32. The summed E-state index contributed by atoms with van der Waals surface area (Å²) in [6.45, 7) is 1.58. The maximum Gasteiger partial charge on any atom is 0.327 e. The third-order valence-corrected chi connectivity index (χ3v) is 4.26. The molecule has 0 saturated carbocycles. The molecule has 0 aliphatic heterocycles. The third-order valence-electron chi connectivity index (χ3n) is 4.26. The first-order valence-corrected chi connectivity index (χ1v) is 9.15. The second kappa shape index (κ2) is 10.7. The predicted molar refractivity (Wildman–Crippen MR) is 110 cm³/mol. The van der Waals surface area contributed by atoms with E-state index in [4.69, 9.17) is 18.9 Å². The van der Waals surface area contributed by atoms with E-state index >= 15 is 0 Å². The lowest BCUT2D eigenvalue weighted by Gasteiger charge is -2.15. The minimum absolute atomic E-state index is 0.0414. The molecule has 0 aliphatic carbocycles. The zero-order valence-electron chi connectivity index (χ0n) is 17.5. The highest BCUT2D eigenvalue weighted by atomic mass is 16.6. The van der Waals surface area contributed by atoms with Crippen LogP contribution in [0.25, 0.3) is 0 Å². The van der Waals surface area contributed by atoms with Crippen molar-refractivity contribution in [3.63, 3.8) is 0 Å². The molecule has 0 atom stereocenters. The number of nitro benzene ring substituents is 1. The molecule has 166 valence electrons. The molecule has 0 bridgehead atoms. The number of ether oxygens (including phenoxy) is 4. The molecule has 11 nitrogen and oxygen atoms in total. The van der Waals surface area contributed by atoms with Crippen molar-refractivity contribution in [2.75, 3.05) is 27.9 Å². The number of benzene rings is 2.